The van der Waals surface area contributed by atoms with Gasteiger partial charge in [-0.2, -0.15) is 0 Å². The zero-order valence-electron chi connectivity index (χ0n) is 16.6. The van der Waals surface area contributed by atoms with Gasteiger partial charge in [0.1, 0.15) is 12.6 Å². The lowest BCUT2D eigenvalue weighted by Crippen LogP contribution is -2.55. The van der Waals surface area contributed by atoms with Crippen LogP contribution >= 0.6 is 0 Å². The molecular formula is C22H34N2O2. The first-order chi connectivity index (χ1) is 12.4. The van der Waals surface area contributed by atoms with Crippen LogP contribution in [0.3, 0.4) is 0 Å². The van der Waals surface area contributed by atoms with E-state index >= 15 is 0 Å². The highest BCUT2D eigenvalue weighted by molar-refractivity contribution is 5.76. The first kappa shape index (κ1) is 19.4. The Morgan fingerprint density at radius 1 is 1.12 bits per heavy atom. The molecule has 2 aliphatic rings. The standard InChI is InChI=1S/C22H34N2O2/c1-22(2)11-9-19(10-12-22)20(24-15-13-23(3)14-16-24)21(25)26-17-18-7-5-4-6-8-18/h4-8,19-20H,9-17H2,1-3H3/t20-/m1/s1. The van der Waals surface area contributed by atoms with Crippen LogP contribution in [0.4, 0.5) is 0 Å². The fraction of sp³-hybridized carbons (Fsp3) is 0.682. The molecule has 1 aliphatic carbocycles. The average Bonchev–Trinajstić information content (AvgIpc) is 2.64. The van der Waals surface area contributed by atoms with Crippen LogP contribution in [0, 0.1) is 11.3 Å². The highest BCUT2D eigenvalue weighted by Crippen LogP contribution is 2.40. The molecule has 0 spiro atoms. The molecule has 4 nitrogen and oxygen atoms in total. The summed E-state index contributed by atoms with van der Waals surface area (Å²) in [6, 6.07) is 9.92. The lowest BCUT2D eigenvalue weighted by Gasteiger charge is -2.43. The summed E-state index contributed by atoms with van der Waals surface area (Å²) in [5.74, 6) is 0.401. The van der Waals surface area contributed by atoms with Crippen molar-refractivity contribution in [2.45, 2.75) is 52.2 Å². The van der Waals surface area contributed by atoms with E-state index in [1.54, 1.807) is 0 Å². The van der Waals surface area contributed by atoms with Crippen molar-refractivity contribution >= 4 is 5.97 Å². The Balaban J connectivity index is 1.66. The van der Waals surface area contributed by atoms with Gasteiger partial charge in [-0.1, -0.05) is 44.2 Å². The summed E-state index contributed by atoms with van der Waals surface area (Å²) in [5, 5.41) is 0. The monoisotopic (exact) mass is 358 g/mol. The zero-order chi connectivity index (χ0) is 18.6. The number of benzene rings is 1. The van der Waals surface area contributed by atoms with Crippen LogP contribution in [-0.4, -0.2) is 55.0 Å². The smallest absolute Gasteiger partial charge is 0.323 e. The van der Waals surface area contributed by atoms with Crippen LogP contribution in [0.2, 0.25) is 0 Å². The third-order valence-electron chi connectivity index (χ3n) is 6.23. The SMILES string of the molecule is CN1CCN([C@@H](C(=O)OCc2ccccc2)C2CCC(C)(C)CC2)CC1. The molecule has 144 valence electrons. The second kappa shape index (κ2) is 8.53. The van der Waals surface area contributed by atoms with Gasteiger partial charge in [0.25, 0.3) is 0 Å². The minimum absolute atomic E-state index is 0.0249. The van der Waals surface area contributed by atoms with Crippen LogP contribution in [-0.2, 0) is 16.1 Å². The predicted molar refractivity (Wildman–Crippen MR) is 105 cm³/mol. The third kappa shape index (κ3) is 5.08. The van der Waals surface area contributed by atoms with Crippen LogP contribution < -0.4 is 0 Å². The fourth-order valence-corrected chi connectivity index (χ4v) is 4.29. The fourth-order valence-electron chi connectivity index (χ4n) is 4.29. The molecule has 2 fully saturated rings. The lowest BCUT2D eigenvalue weighted by molar-refractivity contribution is -0.155. The number of likely N-dealkylation sites (N-methyl/N-ethyl adjacent to an activating group) is 1. The molecule has 0 amide bonds. The number of hydrogen-bond donors (Lipinski definition) is 0. The van der Waals surface area contributed by atoms with Crippen molar-refractivity contribution in [2.24, 2.45) is 11.3 Å². The molecule has 1 aromatic rings. The van der Waals surface area contributed by atoms with Crippen molar-refractivity contribution in [3.05, 3.63) is 35.9 Å². The second-order valence-electron chi connectivity index (χ2n) is 8.88. The van der Waals surface area contributed by atoms with E-state index in [9.17, 15) is 4.79 Å². The zero-order valence-corrected chi connectivity index (χ0v) is 16.6. The number of hydrogen-bond acceptors (Lipinski definition) is 4. The number of carbonyl (C=O) groups excluding carboxylic acids is 1. The second-order valence-corrected chi connectivity index (χ2v) is 8.88. The molecule has 0 radical (unpaired) electrons. The Labute approximate surface area is 158 Å². The van der Waals surface area contributed by atoms with Gasteiger partial charge in [0, 0.05) is 26.2 Å². The van der Waals surface area contributed by atoms with E-state index in [-0.39, 0.29) is 12.0 Å². The molecule has 4 heteroatoms. The summed E-state index contributed by atoms with van der Waals surface area (Å²) in [6.45, 7) is 9.05. The van der Waals surface area contributed by atoms with E-state index in [4.69, 9.17) is 4.74 Å². The first-order valence-electron chi connectivity index (χ1n) is 10.1. The van der Waals surface area contributed by atoms with Crippen LogP contribution in [0.1, 0.15) is 45.1 Å². The molecule has 26 heavy (non-hydrogen) atoms. The summed E-state index contributed by atoms with van der Waals surface area (Å²) < 4.78 is 5.78. The molecule has 1 atom stereocenters. The number of ether oxygens (including phenoxy) is 1. The van der Waals surface area contributed by atoms with Crippen LogP contribution in [0.5, 0.6) is 0 Å². The van der Waals surface area contributed by atoms with Gasteiger partial charge in [-0.25, -0.2) is 0 Å². The highest BCUT2D eigenvalue weighted by Gasteiger charge is 2.39. The van der Waals surface area contributed by atoms with Gasteiger partial charge in [0.05, 0.1) is 0 Å². The molecule has 3 rings (SSSR count). The Hall–Kier alpha value is -1.39. The highest BCUT2D eigenvalue weighted by atomic mass is 16.5. The first-order valence-corrected chi connectivity index (χ1v) is 10.1. The van der Waals surface area contributed by atoms with Crippen molar-refractivity contribution in [1.29, 1.82) is 0 Å². The van der Waals surface area contributed by atoms with Crippen LogP contribution in [0.15, 0.2) is 30.3 Å². The summed E-state index contributed by atoms with van der Waals surface area (Å²) in [7, 11) is 2.16. The van der Waals surface area contributed by atoms with Crippen molar-refractivity contribution in [3.8, 4) is 0 Å². The molecule has 1 heterocycles. The van der Waals surface area contributed by atoms with Crippen LogP contribution in [0.25, 0.3) is 0 Å². The van der Waals surface area contributed by atoms with Gasteiger partial charge in [0.15, 0.2) is 0 Å². The van der Waals surface area contributed by atoms with Crippen molar-refractivity contribution < 1.29 is 9.53 Å². The number of rotatable bonds is 5. The van der Waals surface area contributed by atoms with Gasteiger partial charge in [-0.3, -0.25) is 9.69 Å². The van der Waals surface area contributed by atoms with E-state index in [1.807, 2.05) is 30.3 Å². The normalized spacial score (nSPS) is 23.5. The Morgan fingerprint density at radius 2 is 1.73 bits per heavy atom. The Bertz CT molecular complexity index is 569. The molecule has 0 bridgehead atoms. The van der Waals surface area contributed by atoms with Crippen molar-refractivity contribution in [2.75, 3.05) is 33.2 Å². The number of piperazine rings is 1. The predicted octanol–water partition coefficient (Wildman–Crippen LogP) is 3.56. The number of nitrogens with zero attached hydrogens (tertiary/aromatic N) is 2. The van der Waals surface area contributed by atoms with E-state index in [2.05, 4.69) is 30.7 Å². The quantitative estimate of drug-likeness (QED) is 0.754. The molecule has 0 N–H and O–H groups in total. The third-order valence-corrected chi connectivity index (χ3v) is 6.23. The summed E-state index contributed by atoms with van der Waals surface area (Å²) in [5.41, 5.74) is 1.47. The molecule has 1 aromatic carbocycles. The molecule has 0 aromatic heterocycles. The van der Waals surface area contributed by atoms with E-state index in [0.29, 0.717) is 17.9 Å². The average molecular weight is 359 g/mol. The molecule has 1 saturated heterocycles. The van der Waals surface area contributed by atoms with Gasteiger partial charge in [0.2, 0.25) is 0 Å². The molecule has 1 aliphatic heterocycles. The molecular weight excluding hydrogens is 324 g/mol. The van der Waals surface area contributed by atoms with Gasteiger partial charge in [-0.15, -0.1) is 0 Å². The van der Waals surface area contributed by atoms with Crippen molar-refractivity contribution in [3.63, 3.8) is 0 Å². The minimum Gasteiger partial charge on any atom is -0.460 e. The van der Waals surface area contributed by atoms with Gasteiger partial charge in [-0.05, 0) is 49.6 Å². The topological polar surface area (TPSA) is 32.8 Å². The van der Waals surface area contributed by atoms with E-state index in [0.717, 1.165) is 44.6 Å². The van der Waals surface area contributed by atoms with E-state index < -0.39 is 0 Å². The van der Waals surface area contributed by atoms with Gasteiger partial charge < -0.3 is 9.64 Å². The summed E-state index contributed by atoms with van der Waals surface area (Å²) in [6.07, 6.45) is 4.66. The summed E-state index contributed by atoms with van der Waals surface area (Å²) >= 11 is 0. The minimum atomic E-state index is -0.0801. The molecule has 0 unspecified atom stereocenters. The Morgan fingerprint density at radius 3 is 2.35 bits per heavy atom. The molecule has 1 saturated carbocycles. The lowest BCUT2D eigenvalue weighted by atomic mass is 9.71. The number of esters is 1. The Kier molecular flexibility index (Phi) is 6.36. The maximum Gasteiger partial charge on any atom is 0.323 e. The number of carbonyl (C=O) groups is 1. The maximum atomic E-state index is 13.1. The van der Waals surface area contributed by atoms with Crippen molar-refractivity contribution in [1.82, 2.24) is 9.80 Å². The van der Waals surface area contributed by atoms with Gasteiger partial charge >= 0.3 is 5.97 Å². The maximum absolute atomic E-state index is 13.1. The summed E-state index contributed by atoms with van der Waals surface area (Å²) in [4.78, 5) is 17.8. The largest absolute Gasteiger partial charge is 0.460 e. The van der Waals surface area contributed by atoms with E-state index in [1.165, 1.54) is 12.8 Å².